The summed E-state index contributed by atoms with van der Waals surface area (Å²) in [7, 11) is 0. The fraction of sp³-hybridized carbons (Fsp3) is 0.438. The maximum absolute atomic E-state index is 9.47. The molecule has 0 saturated carbocycles. The van der Waals surface area contributed by atoms with Crippen LogP contribution in [0, 0.1) is 5.92 Å². The first kappa shape index (κ1) is 14.8. The lowest BCUT2D eigenvalue weighted by atomic mass is 10.0. The third-order valence-corrected chi connectivity index (χ3v) is 3.13. The van der Waals surface area contributed by atoms with Crippen molar-refractivity contribution in [2.75, 3.05) is 18.5 Å². The van der Waals surface area contributed by atoms with E-state index in [0.29, 0.717) is 12.5 Å². The van der Waals surface area contributed by atoms with Gasteiger partial charge in [-0.05, 0) is 23.8 Å². The van der Waals surface area contributed by atoms with Gasteiger partial charge in [-0.2, -0.15) is 0 Å². The second-order valence-electron chi connectivity index (χ2n) is 5.50. The second kappa shape index (κ2) is 6.68. The maximum Gasteiger partial charge on any atom is 0.134 e. The monoisotopic (exact) mass is 274 g/mol. The van der Waals surface area contributed by atoms with E-state index in [1.54, 1.807) is 0 Å². The number of aliphatic hydroxyl groups is 2. The summed E-state index contributed by atoms with van der Waals surface area (Å²) in [6, 6.07) is 10.2. The van der Waals surface area contributed by atoms with E-state index in [-0.39, 0.29) is 6.61 Å². The van der Waals surface area contributed by atoms with Gasteiger partial charge < -0.3 is 15.5 Å². The number of benzene rings is 1. The van der Waals surface area contributed by atoms with Gasteiger partial charge in [0.1, 0.15) is 5.82 Å². The molecule has 1 atom stereocenters. The smallest absolute Gasteiger partial charge is 0.134 e. The number of nitrogens with zero attached hydrogens (tertiary/aromatic N) is 1. The van der Waals surface area contributed by atoms with E-state index in [4.69, 9.17) is 5.11 Å². The zero-order chi connectivity index (χ0) is 14.5. The molecule has 0 fully saturated rings. The van der Waals surface area contributed by atoms with Gasteiger partial charge in [-0.15, -0.1) is 0 Å². The predicted octanol–water partition coefficient (Wildman–Crippen LogP) is 2.20. The Balaban J connectivity index is 2.33. The molecule has 0 amide bonds. The summed E-state index contributed by atoms with van der Waals surface area (Å²) >= 11 is 0. The number of hydrogen-bond donors (Lipinski definition) is 3. The highest BCUT2D eigenvalue weighted by Crippen LogP contribution is 2.23. The van der Waals surface area contributed by atoms with Crippen molar-refractivity contribution in [1.82, 2.24) is 4.98 Å². The average Bonchev–Trinajstić information content (AvgIpc) is 2.43. The molecule has 0 aliphatic rings. The van der Waals surface area contributed by atoms with Crippen LogP contribution >= 0.6 is 0 Å². The second-order valence-corrected chi connectivity index (χ2v) is 5.50. The van der Waals surface area contributed by atoms with Crippen molar-refractivity contribution in [1.29, 1.82) is 0 Å². The largest absolute Gasteiger partial charge is 0.394 e. The van der Waals surface area contributed by atoms with Crippen LogP contribution in [0.3, 0.4) is 0 Å². The van der Waals surface area contributed by atoms with E-state index in [1.165, 1.54) is 0 Å². The van der Waals surface area contributed by atoms with Crippen LogP contribution < -0.4 is 5.32 Å². The summed E-state index contributed by atoms with van der Waals surface area (Å²) in [5.41, 5.74) is 1.04. The highest BCUT2D eigenvalue weighted by molar-refractivity contribution is 5.92. The van der Waals surface area contributed by atoms with Crippen LogP contribution in [0.5, 0.6) is 0 Å². The lowest BCUT2D eigenvalue weighted by molar-refractivity contribution is 0.105. The van der Waals surface area contributed by atoms with E-state index in [2.05, 4.69) is 36.3 Å². The minimum atomic E-state index is -0.774. The molecule has 1 unspecified atom stereocenters. The van der Waals surface area contributed by atoms with Gasteiger partial charge in [-0.1, -0.05) is 38.1 Å². The molecule has 2 aromatic rings. The molecule has 0 bridgehead atoms. The quantitative estimate of drug-likeness (QED) is 0.755. The van der Waals surface area contributed by atoms with Gasteiger partial charge >= 0.3 is 0 Å². The molecule has 3 N–H and O–H groups in total. The third kappa shape index (κ3) is 3.68. The fourth-order valence-electron chi connectivity index (χ4n) is 2.19. The molecule has 1 aromatic carbocycles. The Morgan fingerprint density at radius 2 is 2.00 bits per heavy atom. The van der Waals surface area contributed by atoms with Gasteiger partial charge in [0.2, 0.25) is 0 Å². The molecule has 20 heavy (non-hydrogen) atoms. The molecule has 4 heteroatoms. The first-order chi connectivity index (χ1) is 9.60. The Hall–Kier alpha value is -1.65. The number of rotatable bonds is 6. The van der Waals surface area contributed by atoms with Crippen molar-refractivity contribution in [3.63, 3.8) is 0 Å². The Morgan fingerprint density at radius 3 is 2.70 bits per heavy atom. The van der Waals surface area contributed by atoms with Crippen molar-refractivity contribution in [2.45, 2.75) is 26.4 Å². The van der Waals surface area contributed by atoms with Crippen LogP contribution in [0.25, 0.3) is 10.8 Å². The molecule has 0 aliphatic heterocycles. The van der Waals surface area contributed by atoms with E-state index in [0.717, 1.165) is 28.7 Å². The van der Waals surface area contributed by atoms with Crippen molar-refractivity contribution in [2.24, 2.45) is 5.92 Å². The van der Waals surface area contributed by atoms with Gasteiger partial charge in [0.05, 0.1) is 12.7 Å². The fourth-order valence-corrected chi connectivity index (χ4v) is 2.19. The number of hydrogen-bond acceptors (Lipinski definition) is 4. The first-order valence-corrected chi connectivity index (χ1v) is 7.01. The summed E-state index contributed by atoms with van der Waals surface area (Å²) in [5, 5.41) is 23.7. The normalized spacial score (nSPS) is 12.8. The standard InChI is InChI=1S/C16H22N2O2/c1-11(2)7-13-8-12-5-3-4-6-15(12)16(18-13)17-9-14(20)10-19/h3-6,8,11,14,19-20H,7,9-10H2,1-2H3,(H,17,18). The molecule has 1 aromatic heterocycles. The first-order valence-electron chi connectivity index (χ1n) is 7.01. The lowest BCUT2D eigenvalue weighted by Gasteiger charge is -2.14. The van der Waals surface area contributed by atoms with E-state index >= 15 is 0 Å². The Morgan fingerprint density at radius 1 is 1.25 bits per heavy atom. The highest BCUT2D eigenvalue weighted by atomic mass is 16.3. The SMILES string of the molecule is CC(C)Cc1cc2ccccc2c(NCC(O)CO)n1. The summed E-state index contributed by atoms with van der Waals surface area (Å²) in [6.45, 7) is 4.37. The molecule has 108 valence electrons. The molecule has 4 nitrogen and oxygen atoms in total. The molecule has 2 rings (SSSR count). The Kier molecular flexibility index (Phi) is 4.93. The zero-order valence-corrected chi connectivity index (χ0v) is 12.0. The lowest BCUT2D eigenvalue weighted by Crippen LogP contribution is -2.23. The van der Waals surface area contributed by atoms with Crippen LogP contribution in [-0.2, 0) is 6.42 Å². The molecule has 0 radical (unpaired) electrons. The molecule has 0 spiro atoms. The van der Waals surface area contributed by atoms with Crippen LogP contribution in [0.2, 0.25) is 0 Å². The molecular formula is C16H22N2O2. The number of nitrogens with one attached hydrogen (secondary N) is 1. The minimum Gasteiger partial charge on any atom is -0.394 e. The summed E-state index contributed by atoms with van der Waals surface area (Å²) in [4.78, 5) is 4.64. The average molecular weight is 274 g/mol. The maximum atomic E-state index is 9.47. The molecule has 0 saturated heterocycles. The Labute approximate surface area is 119 Å². The van der Waals surface area contributed by atoms with Crippen molar-refractivity contribution in [3.8, 4) is 0 Å². The van der Waals surface area contributed by atoms with E-state index < -0.39 is 6.10 Å². The number of pyridine rings is 1. The zero-order valence-electron chi connectivity index (χ0n) is 12.0. The van der Waals surface area contributed by atoms with Crippen LogP contribution in [-0.4, -0.2) is 34.5 Å². The van der Waals surface area contributed by atoms with Gasteiger partial charge in [-0.3, -0.25) is 0 Å². The van der Waals surface area contributed by atoms with Gasteiger partial charge in [-0.25, -0.2) is 4.98 Å². The van der Waals surface area contributed by atoms with Gasteiger partial charge in [0, 0.05) is 17.6 Å². The molecular weight excluding hydrogens is 252 g/mol. The van der Waals surface area contributed by atoms with E-state index in [9.17, 15) is 5.11 Å². The third-order valence-electron chi connectivity index (χ3n) is 3.13. The molecule has 0 aliphatic carbocycles. The van der Waals surface area contributed by atoms with Crippen LogP contribution in [0.4, 0.5) is 5.82 Å². The summed E-state index contributed by atoms with van der Waals surface area (Å²) in [6.07, 6.45) is 0.145. The number of fused-ring (bicyclic) bond motifs is 1. The number of aromatic nitrogens is 1. The number of anilines is 1. The van der Waals surface area contributed by atoms with Gasteiger partial charge in [0.25, 0.3) is 0 Å². The van der Waals surface area contributed by atoms with Gasteiger partial charge in [0.15, 0.2) is 0 Å². The summed E-state index contributed by atoms with van der Waals surface area (Å²) < 4.78 is 0. The Bertz CT molecular complexity index is 569. The van der Waals surface area contributed by atoms with Crippen LogP contribution in [0.1, 0.15) is 19.5 Å². The molecule has 1 heterocycles. The van der Waals surface area contributed by atoms with Crippen molar-refractivity contribution >= 4 is 16.6 Å². The summed E-state index contributed by atoms with van der Waals surface area (Å²) in [5.74, 6) is 1.31. The van der Waals surface area contributed by atoms with E-state index in [1.807, 2.05) is 18.2 Å². The number of aliphatic hydroxyl groups excluding tert-OH is 2. The highest BCUT2D eigenvalue weighted by Gasteiger charge is 2.09. The van der Waals surface area contributed by atoms with Crippen LogP contribution in [0.15, 0.2) is 30.3 Å². The topological polar surface area (TPSA) is 65.4 Å². The van der Waals surface area contributed by atoms with Crippen molar-refractivity contribution in [3.05, 3.63) is 36.0 Å². The minimum absolute atomic E-state index is 0.253. The predicted molar refractivity (Wildman–Crippen MR) is 81.9 cm³/mol. The van der Waals surface area contributed by atoms with Crippen molar-refractivity contribution < 1.29 is 10.2 Å².